The Labute approximate surface area is 174 Å². The number of ether oxygens (including phenoxy) is 2. The van der Waals surface area contributed by atoms with Crippen molar-refractivity contribution in [3.63, 3.8) is 0 Å². The zero-order valence-electron chi connectivity index (χ0n) is 15.8. The number of halogens is 1. The average Bonchev–Trinajstić information content (AvgIpc) is 2.94. The second-order valence-electron chi connectivity index (χ2n) is 6.29. The molecule has 0 bridgehead atoms. The Morgan fingerprint density at radius 1 is 1.04 bits per heavy atom. The number of nitrogens with zero attached hydrogens (tertiary/aromatic N) is 1. The van der Waals surface area contributed by atoms with E-state index < -0.39 is 0 Å². The van der Waals surface area contributed by atoms with Gasteiger partial charge in [-0.25, -0.2) is 0 Å². The molecule has 0 N–H and O–H groups in total. The van der Waals surface area contributed by atoms with Crippen molar-refractivity contribution in [1.82, 2.24) is 4.90 Å². The predicted octanol–water partition coefficient (Wildman–Crippen LogP) is 4.94. The molecule has 1 aliphatic heterocycles. The van der Waals surface area contributed by atoms with Crippen LogP contribution in [0.4, 0.5) is 4.79 Å². The zero-order chi connectivity index (χ0) is 20.1. The monoisotopic (exact) mass is 419 g/mol. The van der Waals surface area contributed by atoms with Gasteiger partial charge in [-0.3, -0.25) is 14.5 Å². The van der Waals surface area contributed by atoms with Crippen LogP contribution in [0.15, 0.2) is 42.5 Å². The quantitative estimate of drug-likeness (QED) is 0.606. The number of carbonyl (C=O) groups excluding carboxylic acids is 2. The summed E-state index contributed by atoms with van der Waals surface area (Å²) in [6.07, 6.45) is 0.473. The van der Waals surface area contributed by atoms with Gasteiger partial charge < -0.3 is 9.47 Å². The molecular formula is C21H22ClNO4S. The van der Waals surface area contributed by atoms with Gasteiger partial charge in [-0.15, -0.1) is 0 Å². The van der Waals surface area contributed by atoms with Gasteiger partial charge in [-0.05, 0) is 55.7 Å². The molecule has 2 aromatic carbocycles. The van der Waals surface area contributed by atoms with Crippen LogP contribution in [0.5, 0.6) is 11.5 Å². The molecule has 1 saturated heterocycles. The highest BCUT2D eigenvalue weighted by Gasteiger charge is 2.38. The van der Waals surface area contributed by atoms with E-state index in [1.54, 1.807) is 6.92 Å². The first kappa shape index (κ1) is 20.6. The molecule has 7 heteroatoms. The summed E-state index contributed by atoms with van der Waals surface area (Å²) in [4.78, 5) is 25.5. The Kier molecular flexibility index (Phi) is 6.86. The second kappa shape index (κ2) is 9.34. The number of rotatable bonds is 8. The third-order valence-electron chi connectivity index (χ3n) is 4.33. The lowest BCUT2D eigenvalue weighted by atomic mass is 10.1. The fourth-order valence-electron chi connectivity index (χ4n) is 2.98. The second-order valence-corrected chi connectivity index (χ2v) is 7.88. The van der Waals surface area contributed by atoms with Crippen LogP contribution in [0, 0.1) is 0 Å². The third-order valence-corrected chi connectivity index (χ3v) is 5.64. The smallest absolute Gasteiger partial charge is 0.289 e. The van der Waals surface area contributed by atoms with Crippen LogP contribution in [0.1, 0.15) is 25.0 Å². The Bertz CT molecular complexity index is 873. The number of hydrogen-bond acceptors (Lipinski definition) is 5. The fraction of sp³-hybridized carbons (Fsp3) is 0.333. The van der Waals surface area contributed by atoms with Crippen LogP contribution in [0.3, 0.4) is 0 Å². The highest BCUT2D eigenvalue weighted by Crippen LogP contribution is 2.33. The summed E-state index contributed by atoms with van der Waals surface area (Å²) in [5.74, 6) is 1.12. The molecule has 0 spiro atoms. The van der Waals surface area contributed by atoms with Crippen LogP contribution in [0.2, 0.25) is 5.02 Å². The standard InChI is InChI=1S/C21H22ClNO4S/c1-3-23-20(24)19(28-21(23)25)12-14-8-9-17(18(11-14)26-4-2)27-13-15-6-5-7-16(22)10-15/h5-11,19H,3-4,12-13H2,1-2H3/t19-/m1/s1. The predicted molar refractivity (Wildman–Crippen MR) is 111 cm³/mol. The first-order valence-electron chi connectivity index (χ1n) is 9.16. The largest absolute Gasteiger partial charge is 0.490 e. The van der Waals surface area contributed by atoms with Gasteiger partial charge >= 0.3 is 0 Å². The highest BCUT2D eigenvalue weighted by atomic mass is 35.5. The number of thioether (sulfide) groups is 1. The van der Waals surface area contributed by atoms with Crippen LogP contribution in [-0.2, 0) is 17.8 Å². The van der Waals surface area contributed by atoms with Crippen molar-refractivity contribution in [2.45, 2.75) is 32.1 Å². The van der Waals surface area contributed by atoms with Gasteiger partial charge in [0.05, 0.1) is 11.9 Å². The van der Waals surface area contributed by atoms with E-state index in [9.17, 15) is 9.59 Å². The van der Waals surface area contributed by atoms with E-state index in [2.05, 4.69) is 0 Å². The number of amides is 2. The molecular weight excluding hydrogens is 398 g/mol. The number of carbonyl (C=O) groups is 2. The maximum absolute atomic E-state index is 12.3. The molecule has 2 amide bonds. The van der Waals surface area contributed by atoms with E-state index in [4.69, 9.17) is 21.1 Å². The third kappa shape index (κ3) is 4.80. The normalized spacial score (nSPS) is 16.5. The van der Waals surface area contributed by atoms with Crippen molar-refractivity contribution in [3.8, 4) is 11.5 Å². The minimum absolute atomic E-state index is 0.128. The van der Waals surface area contributed by atoms with Crippen LogP contribution in [-0.4, -0.2) is 34.4 Å². The molecule has 1 aliphatic rings. The molecule has 0 aliphatic carbocycles. The summed E-state index contributed by atoms with van der Waals surface area (Å²) in [5, 5.41) is 0.0973. The van der Waals surface area contributed by atoms with E-state index in [1.165, 1.54) is 4.90 Å². The molecule has 5 nitrogen and oxygen atoms in total. The van der Waals surface area contributed by atoms with E-state index >= 15 is 0 Å². The lowest BCUT2D eigenvalue weighted by Crippen LogP contribution is -2.31. The average molecular weight is 420 g/mol. The number of hydrogen-bond donors (Lipinski definition) is 0. The van der Waals surface area contributed by atoms with E-state index in [0.717, 1.165) is 22.9 Å². The Balaban J connectivity index is 1.72. The maximum Gasteiger partial charge on any atom is 0.289 e. The van der Waals surface area contributed by atoms with E-state index in [1.807, 2.05) is 49.4 Å². The highest BCUT2D eigenvalue weighted by molar-refractivity contribution is 8.15. The van der Waals surface area contributed by atoms with Gasteiger partial charge in [0, 0.05) is 11.6 Å². The molecule has 2 aromatic rings. The Morgan fingerprint density at radius 3 is 2.54 bits per heavy atom. The summed E-state index contributed by atoms with van der Waals surface area (Å²) in [5.41, 5.74) is 1.89. The molecule has 0 unspecified atom stereocenters. The topological polar surface area (TPSA) is 55.8 Å². The van der Waals surface area contributed by atoms with Gasteiger partial charge in [0.2, 0.25) is 5.91 Å². The first-order valence-corrected chi connectivity index (χ1v) is 10.4. The molecule has 1 atom stereocenters. The summed E-state index contributed by atoms with van der Waals surface area (Å²) in [6.45, 7) is 4.98. The van der Waals surface area contributed by atoms with Gasteiger partial charge in [0.15, 0.2) is 11.5 Å². The molecule has 148 valence electrons. The Morgan fingerprint density at radius 2 is 1.86 bits per heavy atom. The number of benzene rings is 2. The van der Waals surface area contributed by atoms with Gasteiger partial charge in [-0.2, -0.15) is 0 Å². The minimum Gasteiger partial charge on any atom is -0.490 e. The van der Waals surface area contributed by atoms with Gasteiger partial charge in [0.1, 0.15) is 6.61 Å². The fourth-order valence-corrected chi connectivity index (χ4v) is 4.29. The van der Waals surface area contributed by atoms with Crippen LogP contribution < -0.4 is 9.47 Å². The molecule has 3 rings (SSSR count). The SMILES string of the molecule is CCOc1cc(C[C@H]2SC(=O)N(CC)C2=O)ccc1OCc1cccc(Cl)c1. The molecule has 0 saturated carbocycles. The van der Waals surface area contributed by atoms with Crippen molar-refractivity contribution in [2.24, 2.45) is 0 Å². The lowest BCUT2D eigenvalue weighted by molar-refractivity contribution is -0.126. The molecule has 0 aromatic heterocycles. The molecule has 28 heavy (non-hydrogen) atoms. The van der Waals surface area contributed by atoms with Crippen LogP contribution >= 0.6 is 23.4 Å². The van der Waals surface area contributed by atoms with Crippen molar-refractivity contribution >= 4 is 34.5 Å². The van der Waals surface area contributed by atoms with Crippen molar-refractivity contribution < 1.29 is 19.1 Å². The minimum atomic E-state index is -0.389. The van der Waals surface area contributed by atoms with Crippen molar-refractivity contribution in [1.29, 1.82) is 0 Å². The van der Waals surface area contributed by atoms with Crippen molar-refractivity contribution in [2.75, 3.05) is 13.2 Å². The summed E-state index contributed by atoms with van der Waals surface area (Å²) in [7, 11) is 0. The first-order chi connectivity index (χ1) is 13.5. The summed E-state index contributed by atoms with van der Waals surface area (Å²) in [6, 6.07) is 13.1. The maximum atomic E-state index is 12.3. The number of imide groups is 1. The molecule has 1 heterocycles. The zero-order valence-corrected chi connectivity index (χ0v) is 17.4. The molecule has 0 radical (unpaired) electrons. The Hall–Kier alpha value is -2.18. The van der Waals surface area contributed by atoms with Gasteiger partial charge in [-0.1, -0.05) is 41.6 Å². The molecule has 1 fully saturated rings. The van der Waals surface area contributed by atoms with E-state index in [-0.39, 0.29) is 16.4 Å². The van der Waals surface area contributed by atoms with Crippen molar-refractivity contribution in [3.05, 3.63) is 58.6 Å². The van der Waals surface area contributed by atoms with Gasteiger partial charge in [0.25, 0.3) is 5.24 Å². The van der Waals surface area contributed by atoms with E-state index in [0.29, 0.717) is 42.7 Å². The lowest BCUT2D eigenvalue weighted by Gasteiger charge is -2.15. The summed E-state index contributed by atoms with van der Waals surface area (Å²) >= 11 is 7.10. The van der Waals surface area contributed by atoms with Crippen LogP contribution in [0.25, 0.3) is 0 Å². The summed E-state index contributed by atoms with van der Waals surface area (Å²) < 4.78 is 11.6.